The van der Waals surface area contributed by atoms with Crippen LogP contribution in [0, 0.1) is 28.6 Å². The first kappa shape index (κ1) is 23.8. The zero-order valence-corrected chi connectivity index (χ0v) is 20.2. The van der Waals surface area contributed by atoms with Gasteiger partial charge in [-0.15, -0.1) is 0 Å². The maximum atomic E-state index is 10.1. The fraction of sp³-hybridized carbons (Fsp3) is 0.786. The van der Waals surface area contributed by atoms with Crippen molar-refractivity contribution >= 4 is 0 Å². The number of hydrogen-bond acceptors (Lipinski definition) is 2. The first-order valence-electron chi connectivity index (χ1n) is 12.4. The van der Waals surface area contributed by atoms with Gasteiger partial charge in [0.15, 0.2) is 0 Å². The molecule has 0 radical (unpaired) electrons. The highest BCUT2D eigenvalue weighted by Gasteiger charge is 2.50. The molecule has 3 aliphatic carbocycles. The van der Waals surface area contributed by atoms with E-state index in [-0.39, 0.29) is 0 Å². The van der Waals surface area contributed by atoms with Gasteiger partial charge >= 0.3 is 0 Å². The summed E-state index contributed by atoms with van der Waals surface area (Å²) in [4.78, 5) is 0. The Morgan fingerprint density at radius 2 is 1.80 bits per heavy atom. The molecule has 3 fully saturated rings. The number of rotatable bonds is 5. The number of allylic oxidation sites excluding steroid dienone is 3. The highest BCUT2D eigenvalue weighted by molar-refractivity contribution is 5.29. The molecule has 0 saturated heterocycles. The third kappa shape index (κ3) is 5.30. The molecule has 3 aliphatic rings. The van der Waals surface area contributed by atoms with Gasteiger partial charge < -0.3 is 10.2 Å². The SMILES string of the molecule is C=C1[C@H](O)CC(=CC=C2CCC[C@]3(C)[C@@H]([C@@H](C)CCCC(C)(C)C)CC[C@@H]23)C[C@H]1O. The minimum absolute atomic E-state index is 0.447. The van der Waals surface area contributed by atoms with Crippen molar-refractivity contribution in [2.75, 3.05) is 0 Å². The average molecular weight is 415 g/mol. The summed E-state index contributed by atoms with van der Waals surface area (Å²) in [5, 5.41) is 20.3. The van der Waals surface area contributed by atoms with E-state index in [4.69, 9.17) is 0 Å². The topological polar surface area (TPSA) is 40.5 Å². The van der Waals surface area contributed by atoms with E-state index in [1.165, 1.54) is 51.4 Å². The van der Waals surface area contributed by atoms with Crippen molar-refractivity contribution in [2.24, 2.45) is 28.6 Å². The van der Waals surface area contributed by atoms with Crippen molar-refractivity contribution in [1.29, 1.82) is 0 Å². The van der Waals surface area contributed by atoms with Gasteiger partial charge in [-0.05, 0) is 85.5 Å². The van der Waals surface area contributed by atoms with Crippen LogP contribution >= 0.6 is 0 Å². The molecule has 3 saturated carbocycles. The monoisotopic (exact) mass is 414 g/mol. The van der Waals surface area contributed by atoms with Crippen molar-refractivity contribution in [2.45, 2.75) is 111 Å². The van der Waals surface area contributed by atoms with Gasteiger partial charge in [0.25, 0.3) is 0 Å². The molecule has 170 valence electrons. The predicted octanol–water partition coefficient (Wildman–Crippen LogP) is 6.98. The van der Waals surface area contributed by atoms with Gasteiger partial charge in [-0.25, -0.2) is 0 Å². The van der Waals surface area contributed by atoms with Gasteiger partial charge in [0, 0.05) is 0 Å². The van der Waals surface area contributed by atoms with Crippen LogP contribution in [0.4, 0.5) is 0 Å². The van der Waals surface area contributed by atoms with Crippen LogP contribution in [0.1, 0.15) is 98.8 Å². The summed E-state index contributed by atoms with van der Waals surface area (Å²) >= 11 is 0. The second kappa shape index (κ2) is 9.33. The zero-order chi connectivity index (χ0) is 22.1. The average Bonchev–Trinajstić information content (AvgIpc) is 3.00. The van der Waals surface area contributed by atoms with Crippen LogP contribution in [0.2, 0.25) is 0 Å². The molecule has 2 heteroatoms. The van der Waals surface area contributed by atoms with Crippen molar-refractivity contribution in [1.82, 2.24) is 0 Å². The quantitative estimate of drug-likeness (QED) is 0.476. The van der Waals surface area contributed by atoms with E-state index in [1.807, 2.05) is 0 Å². The maximum Gasteiger partial charge on any atom is 0.0809 e. The molecule has 30 heavy (non-hydrogen) atoms. The van der Waals surface area contributed by atoms with Gasteiger partial charge in [0.05, 0.1) is 12.2 Å². The normalized spacial score (nSPS) is 37.4. The van der Waals surface area contributed by atoms with Crippen LogP contribution in [0.5, 0.6) is 0 Å². The summed E-state index contributed by atoms with van der Waals surface area (Å²) < 4.78 is 0. The molecule has 2 N–H and O–H groups in total. The van der Waals surface area contributed by atoms with E-state index in [0.29, 0.717) is 35.2 Å². The van der Waals surface area contributed by atoms with Crippen LogP contribution < -0.4 is 0 Å². The maximum absolute atomic E-state index is 10.1. The first-order valence-corrected chi connectivity index (χ1v) is 12.4. The molecule has 6 atom stereocenters. The second-order valence-electron chi connectivity index (χ2n) is 12.1. The Balaban J connectivity index is 1.67. The standard InChI is InChI=1S/C28H46O2/c1-19(9-7-15-27(3,4)5)23-13-14-24-22(10-8-16-28(23,24)6)12-11-21-17-25(29)20(2)26(30)18-21/h11-12,19,23-26,29-30H,2,7-10,13-18H2,1,3-6H3/t19-,23+,24-,25+,26+,28+/m0/s1. The molecule has 0 aromatic carbocycles. The van der Waals surface area contributed by atoms with E-state index < -0.39 is 12.2 Å². The van der Waals surface area contributed by atoms with Gasteiger partial charge in [-0.1, -0.05) is 77.3 Å². The smallest absolute Gasteiger partial charge is 0.0809 e. The molecule has 0 unspecified atom stereocenters. The van der Waals surface area contributed by atoms with Crippen molar-refractivity contribution < 1.29 is 10.2 Å². The predicted molar refractivity (Wildman–Crippen MR) is 127 cm³/mol. The molecule has 0 bridgehead atoms. The zero-order valence-electron chi connectivity index (χ0n) is 20.2. The number of aliphatic hydroxyl groups is 2. The van der Waals surface area contributed by atoms with Crippen LogP contribution in [0.15, 0.2) is 35.5 Å². The fourth-order valence-electron chi connectivity index (χ4n) is 6.80. The van der Waals surface area contributed by atoms with Crippen LogP contribution in [-0.4, -0.2) is 22.4 Å². The number of hydrogen-bond donors (Lipinski definition) is 2. The second-order valence-corrected chi connectivity index (χ2v) is 12.1. The number of aliphatic hydroxyl groups excluding tert-OH is 2. The van der Waals surface area contributed by atoms with Gasteiger partial charge in [-0.2, -0.15) is 0 Å². The summed E-state index contributed by atoms with van der Waals surface area (Å²) in [7, 11) is 0. The molecule has 0 amide bonds. The van der Waals surface area contributed by atoms with Crippen molar-refractivity contribution in [3.63, 3.8) is 0 Å². The van der Waals surface area contributed by atoms with Crippen molar-refractivity contribution in [3.05, 3.63) is 35.5 Å². The third-order valence-electron chi connectivity index (χ3n) is 8.61. The Hall–Kier alpha value is -0.860. The summed E-state index contributed by atoms with van der Waals surface area (Å²) in [6.07, 6.45) is 15.3. The van der Waals surface area contributed by atoms with Gasteiger partial charge in [-0.3, -0.25) is 0 Å². The lowest BCUT2D eigenvalue weighted by atomic mass is 9.60. The molecule has 0 aliphatic heterocycles. The summed E-state index contributed by atoms with van der Waals surface area (Å²) in [5.74, 6) is 2.38. The Labute approximate surface area is 185 Å². The Kier molecular flexibility index (Phi) is 7.40. The van der Waals surface area contributed by atoms with E-state index in [0.717, 1.165) is 17.4 Å². The molecule has 0 spiro atoms. The molecule has 3 rings (SSSR count). The first-order chi connectivity index (χ1) is 14.0. The van der Waals surface area contributed by atoms with Crippen molar-refractivity contribution in [3.8, 4) is 0 Å². The summed E-state index contributed by atoms with van der Waals surface area (Å²) in [5.41, 5.74) is 4.25. The molecule has 0 heterocycles. The lowest BCUT2D eigenvalue weighted by molar-refractivity contribution is 0.0920. The van der Waals surface area contributed by atoms with E-state index >= 15 is 0 Å². The Morgan fingerprint density at radius 1 is 1.13 bits per heavy atom. The highest BCUT2D eigenvalue weighted by atomic mass is 16.3. The van der Waals surface area contributed by atoms with E-state index in [2.05, 4.69) is 53.3 Å². The molecular weight excluding hydrogens is 368 g/mol. The molecule has 2 nitrogen and oxygen atoms in total. The third-order valence-corrected chi connectivity index (χ3v) is 8.61. The highest BCUT2D eigenvalue weighted by Crippen LogP contribution is 2.60. The van der Waals surface area contributed by atoms with Crippen LogP contribution in [-0.2, 0) is 0 Å². The molecule has 0 aromatic heterocycles. The summed E-state index contributed by atoms with van der Waals surface area (Å²) in [6.45, 7) is 16.0. The van der Waals surface area contributed by atoms with E-state index in [9.17, 15) is 10.2 Å². The minimum Gasteiger partial charge on any atom is -0.388 e. The minimum atomic E-state index is -0.597. The van der Waals surface area contributed by atoms with Gasteiger partial charge in [0.2, 0.25) is 0 Å². The molecule has 0 aromatic rings. The van der Waals surface area contributed by atoms with E-state index in [1.54, 1.807) is 5.57 Å². The molecular formula is C28H46O2. The lowest BCUT2D eigenvalue weighted by Crippen LogP contribution is -2.36. The fourth-order valence-corrected chi connectivity index (χ4v) is 6.80. The Bertz CT molecular complexity index is 663. The Morgan fingerprint density at radius 3 is 2.43 bits per heavy atom. The lowest BCUT2D eigenvalue weighted by Gasteiger charge is -2.44. The van der Waals surface area contributed by atoms with Crippen LogP contribution in [0.25, 0.3) is 0 Å². The summed E-state index contributed by atoms with van der Waals surface area (Å²) in [6, 6.07) is 0. The largest absolute Gasteiger partial charge is 0.388 e. The number of fused-ring (bicyclic) bond motifs is 1. The van der Waals surface area contributed by atoms with Crippen LogP contribution in [0.3, 0.4) is 0 Å². The van der Waals surface area contributed by atoms with Gasteiger partial charge in [0.1, 0.15) is 0 Å².